The first-order chi connectivity index (χ1) is 6.07. The molecule has 0 aromatic heterocycles. The zero-order valence-electron chi connectivity index (χ0n) is 8.14. The van der Waals surface area contributed by atoms with Crippen LogP contribution in [0.3, 0.4) is 0 Å². The molecule has 13 heavy (non-hydrogen) atoms. The molecule has 1 aliphatic rings. The van der Waals surface area contributed by atoms with Crippen LogP contribution in [0.5, 0.6) is 0 Å². The summed E-state index contributed by atoms with van der Waals surface area (Å²) in [4.78, 5) is 4.51. The molecule has 1 heterocycles. The summed E-state index contributed by atoms with van der Waals surface area (Å²) < 4.78 is 5.63. The zero-order chi connectivity index (χ0) is 10.0. The van der Waals surface area contributed by atoms with Crippen LogP contribution >= 0.6 is 0 Å². The summed E-state index contributed by atoms with van der Waals surface area (Å²) in [5, 5.41) is 0. The first-order valence-electron chi connectivity index (χ1n) is 4.56. The summed E-state index contributed by atoms with van der Waals surface area (Å²) in [6.07, 6.45) is -0.164. The Balaban J connectivity index is 2.56. The van der Waals surface area contributed by atoms with E-state index in [1.165, 1.54) is 0 Å². The molecule has 0 bridgehead atoms. The average molecular weight is 189 g/mol. The fourth-order valence-electron chi connectivity index (χ4n) is 1.70. The Bertz CT molecular complexity index is 165. The number of nitrogens with two attached hydrogens (primary N) is 3. The minimum Gasteiger partial charge on any atom is -0.369 e. The first kappa shape index (κ1) is 10.9. The van der Waals surface area contributed by atoms with Crippen LogP contribution in [-0.4, -0.2) is 30.9 Å². The van der Waals surface area contributed by atoms with Crippen molar-refractivity contribution in [2.45, 2.75) is 38.1 Å². The molecule has 1 aliphatic heterocycles. The van der Waals surface area contributed by atoms with Crippen molar-refractivity contribution in [2.24, 2.45) is 23.3 Å². The van der Waals surface area contributed by atoms with Gasteiger partial charge in [-0.15, -0.1) is 0 Å². The molecular formula is C8H19N3O2. The van der Waals surface area contributed by atoms with Crippen molar-refractivity contribution in [3.05, 3.63) is 0 Å². The molecule has 6 N–H and O–H groups in total. The Hall–Kier alpha value is -0.200. The van der Waals surface area contributed by atoms with Crippen LogP contribution in [0.4, 0.5) is 0 Å². The highest BCUT2D eigenvalue weighted by Crippen LogP contribution is 2.23. The van der Waals surface area contributed by atoms with E-state index in [0.717, 1.165) is 0 Å². The van der Waals surface area contributed by atoms with Crippen LogP contribution in [-0.2, 0) is 9.57 Å². The number of hydrogen-bond donors (Lipinski definition) is 3. The van der Waals surface area contributed by atoms with Crippen molar-refractivity contribution in [3.63, 3.8) is 0 Å². The summed E-state index contributed by atoms with van der Waals surface area (Å²) in [6, 6.07) is -0.309. The summed E-state index contributed by atoms with van der Waals surface area (Å²) in [5.41, 5.74) is 11.7. The highest BCUT2D eigenvalue weighted by atomic mass is 16.6. The van der Waals surface area contributed by atoms with Crippen LogP contribution in [0.15, 0.2) is 0 Å². The third-order valence-electron chi connectivity index (χ3n) is 2.50. The molecule has 4 unspecified atom stereocenters. The fraction of sp³-hybridized carbons (Fsp3) is 1.00. The van der Waals surface area contributed by atoms with Crippen LogP contribution in [0.1, 0.15) is 13.8 Å². The number of hydrogen-bond acceptors (Lipinski definition) is 5. The molecule has 5 nitrogen and oxygen atoms in total. The van der Waals surface area contributed by atoms with Gasteiger partial charge in [-0.1, -0.05) is 13.8 Å². The number of ether oxygens (including phenoxy) is 1. The van der Waals surface area contributed by atoms with Crippen molar-refractivity contribution >= 4 is 0 Å². The summed E-state index contributed by atoms with van der Waals surface area (Å²) in [6.45, 7) is 4.42. The lowest BCUT2D eigenvalue weighted by atomic mass is 9.96. The van der Waals surface area contributed by atoms with Gasteiger partial charge < -0.3 is 21.0 Å². The first-order valence-corrected chi connectivity index (χ1v) is 4.56. The molecule has 1 rings (SSSR count). The summed E-state index contributed by atoms with van der Waals surface area (Å²) >= 11 is 0. The molecule has 0 aliphatic carbocycles. The zero-order valence-corrected chi connectivity index (χ0v) is 8.14. The molecule has 1 saturated heterocycles. The Kier molecular flexibility index (Phi) is 3.63. The van der Waals surface area contributed by atoms with Crippen molar-refractivity contribution in [1.29, 1.82) is 0 Å². The molecule has 0 aromatic rings. The lowest BCUT2D eigenvalue weighted by Crippen LogP contribution is -2.48. The quantitative estimate of drug-likeness (QED) is 0.492. The second kappa shape index (κ2) is 4.34. The van der Waals surface area contributed by atoms with Crippen LogP contribution in [0.25, 0.3) is 0 Å². The van der Waals surface area contributed by atoms with E-state index in [0.29, 0.717) is 12.5 Å². The largest absolute Gasteiger partial charge is 0.369 e. The molecular weight excluding hydrogens is 170 g/mol. The van der Waals surface area contributed by atoms with E-state index in [4.69, 9.17) is 22.1 Å². The van der Waals surface area contributed by atoms with Crippen molar-refractivity contribution < 1.29 is 9.57 Å². The van der Waals surface area contributed by atoms with Gasteiger partial charge in [0.1, 0.15) is 0 Å². The van der Waals surface area contributed by atoms with Crippen molar-refractivity contribution in [1.82, 2.24) is 0 Å². The van der Waals surface area contributed by atoms with Gasteiger partial charge in [-0.05, 0) is 5.92 Å². The Morgan fingerprint density at radius 3 is 2.31 bits per heavy atom. The molecule has 0 spiro atoms. The van der Waals surface area contributed by atoms with E-state index in [9.17, 15) is 0 Å². The SMILES string of the molecule is CC(C)C1OC(CON)C(N)C1N. The number of rotatable bonds is 3. The van der Waals surface area contributed by atoms with Gasteiger partial charge in [-0.2, -0.15) is 0 Å². The molecule has 0 amide bonds. The fourth-order valence-corrected chi connectivity index (χ4v) is 1.70. The third-order valence-corrected chi connectivity index (χ3v) is 2.50. The smallest absolute Gasteiger partial charge is 0.0999 e. The topological polar surface area (TPSA) is 96.5 Å². The maximum Gasteiger partial charge on any atom is 0.0999 e. The Labute approximate surface area is 78.5 Å². The van der Waals surface area contributed by atoms with Gasteiger partial charge in [0.25, 0.3) is 0 Å². The third kappa shape index (κ3) is 2.18. The lowest BCUT2D eigenvalue weighted by Gasteiger charge is -2.19. The predicted molar refractivity (Wildman–Crippen MR) is 49.6 cm³/mol. The molecule has 1 fully saturated rings. The predicted octanol–water partition coefficient (Wildman–Crippen LogP) is -1.05. The molecule has 78 valence electrons. The Morgan fingerprint density at radius 2 is 1.92 bits per heavy atom. The highest BCUT2D eigenvalue weighted by Gasteiger charge is 2.41. The molecule has 0 saturated carbocycles. The van der Waals surface area contributed by atoms with Gasteiger partial charge >= 0.3 is 0 Å². The molecule has 4 atom stereocenters. The molecule has 5 heteroatoms. The average Bonchev–Trinajstić information content (AvgIpc) is 2.33. The highest BCUT2D eigenvalue weighted by molar-refractivity contribution is 4.97. The van der Waals surface area contributed by atoms with Crippen molar-refractivity contribution in [2.75, 3.05) is 6.61 Å². The summed E-state index contributed by atoms with van der Waals surface area (Å²) in [7, 11) is 0. The van der Waals surface area contributed by atoms with Crippen LogP contribution < -0.4 is 17.4 Å². The molecule has 0 aromatic carbocycles. The van der Waals surface area contributed by atoms with Gasteiger partial charge in [-0.25, -0.2) is 5.90 Å². The standard InChI is InChI=1S/C8H19N3O2/c1-4(2)8-7(10)6(9)5(13-8)3-12-11/h4-8H,3,9-11H2,1-2H3. The normalized spacial score (nSPS) is 40.2. The van der Waals surface area contributed by atoms with E-state index >= 15 is 0 Å². The van der Waals surface area contributed by atoms with Gasteiger partial charge in [0, 0.05) is 6.04 Å². The van der Waals surface area contributed by atoms with Crippen LogP contribution in [0, 0.1) is 5.92 Å². The minimum atomic E-state index is -0.184. The lowest BCUT2D eigenvalue weighted by molar-refractivity contribution is -0.0339. The van der Waals surface area contributed by atoms with Gasteiger partial charge in [0.05, 0.1) is 24.9 Å². The maximum atomic E-state index is 5.90. The summed E-state index contributed by atoms with van der Waals surface area (Å²) in [5.74, 6) is 5.33. The maximum absolute atomic E-state index is 5.90. The second-order valence-corrected chi connectivity index (χ2v) is 3.87. The van der Waals surface area contributed by atoms with E-state index in [1.807, 2.05) is 0 Å². The van der Waals surface area contributed by atoms with Crippen LogP contribution in [0.2, 0.25) is 0 Å². The van der Waals surface area contributed by atoms with Gasteiger partial charge in [0.2, 0.25) is 0 Å². The minimum absolute atomic E-state index is 0.00940. The second-order valence-electron chi connectivity index (χ2n) is 3.87. The Morgan fingerprint density at radius 1 is 1.31 bits per heavy atom. The van der Waals surface area contributed by atoms with E-state index in [2.05, 4.69) is 18.7 Å². The molecule has 0 radical (unpaired) electrons. The van der Waals surface area contributed by atoms with E-state index in [1.54, 1.807) is 0 Å². The van der Waals surface area contributed by atoms with E-state index in [-0.39, 0.29) is 24.3 Å². The van der Waals surface area contributed by atoms with Crippen molar-refractivity contribution in [3.8, 4) is 0 Å². The monoisotopic (exact) mass is 189 g/mol. The van der Waals surface area contributed by atoms with E-state index < -0.39 is 0 Å². The van der Waals surface area contributed by atoms with Gasteiger partial charge in [0.15, 0.2) is 0 Å². The van der Waals surface area contributed by atoms with Gasteiger partial charge in [-0.3, -0.25) is 0 Å².